The summed E-state index contributed by atoms with van der Waals surface area (Å²) in [6, 6.07) is 10.2. The molecule has 2 aromatic rings. The third-order valence-corrected chi connectivity index (χ3v) is 4.12. The fourth-order valence-corrected chi connectivity index (χ4v) is 2.88. The summed E-state index contributed by atoms with van der Waals surface area (Å²) in [5, 5.41) is 19.7. The van der Waals surface area contributed by atoms with E-state index in [2.05, 4.69) is 20.4 Å². The topological polar surface area (TPSA) is 105 Å². The highest BCUT2D eigenvalue weighted by Crippen LogP contribution is 2.17. The van der Waals surface area contributed by atoms with E-state index < -0.39 is 12.6 Å². The number of amides is 1. The second-order valence-corrected chi connectivity index (χ2v) is 6.05. The number of anilines is 1. The number of aliphatic carboxylic acids is 1. The molecule has 0 saturated carbocycles. The van der Waals surface area contributed by atoms with Crippen molar-refractivity contribution in [1.82, 2.24) is 15.5 Å². The zero-order valence-electron chi connectivity index (χ0n) is 14.2. The van der Waals surface area contributed by atoms with Crippen molar-refractivity contribution in [2.45, 2.75) is 18.9 Å². The quantitative estimate of drug-likeness (QED) is 0.805. The van der Waals surface area contributed by atoms with Crippen LogP contribution in [0.15, 0.2) is 42.6 Å². The van der Waals surface area contributed by atoms with Gasteiger partial charge in [0.25, 0.3) is 5.91 Å². The first kappa shape index (κ1) is 17.7. The fraction of sp³-hybridized carbons (Fsp3) is 0.333. The number of piperidine rings is 1. The molecular formula is C18H20N4O4. The van der Waals surface area contributed by atoms with Gasteiger partial charge in [0.15, 0.2) is 12.4 Å². The average Bonchev–Trinajstić information content (AvgIpc) is 2.67. The van der Waals surface area contributed by atoms with Crippen LogP contribution in [0.5, 0.6) is 5.75 Å². The lowest BCUT2D eigenvalue weighted by Gasteiger charge is -2.33. The van der Waals surface area contributed by atoms with E-state index in [0.29, 0.717) is 17.9 Å². The van der Waals surface area contributed by atoms with E-state index in [0.717, 1.165) is 25.2 Å². The van der Waals surface area contributed by atoms with Crippen molar-refractivity contribution in [3.63, 3.8) is 0 Å². The van der Waals surface area contributed by atoms with Crippen LogP contribution in [0.2, 0.25) is 0 Å². The van der Waals surface area contributed by atoms with Crippen LogP contribution in [0.3, 0.4) is 0 Å². The standard InChI is InChI=1S/C18H20N4O4/c23-17(24)12-26-15-7-5-13(6-8-15)18(25)20-14-3-2-10-22(11-14)16-4-1-9-19-21-16/h1,4-9,14H,2-3,10-12H2,(H,20,25)(H,23,24). The van der Waals surface area contributed by atoms with Crippen molar-refractivity contribution >= 4 is 17.7 Å². The number of carbonyl (C=O) groups is 2. The molecule has 0 radical (unpaired) electrons. The Bertz CT molecular complexity index is 752. The molecule has 1 aliphatic rings. The van der Waals surface area contributed by atoms with Gasteiger partial charge in [0, 0.05) is 30.9 Å². The Kier molecular flexibility index (Phi) is 5.62. The van der Waals surface area contributed by atoms with Crippen LogP contribution in [0.1, 0.15) is 23.2 Å². The number of carbonyl (C=O) groups excluding carboxylic acids is 1. The van der Waals surface area contributed by atoms with E-state index in [4.69, 9.17) is 9.84 Å². The molecule has 3 rings (SSSR count). The summed E-state index contributed by atoms with van der Waals surface area (Å²) in [5.41, 5.74) is 0.504. The fourth-order valence-electron chi connectivity index (χ4n) is 2.88. The summed E-state index contributed by atoms with van der Waals surface area (Å²) >= 11 is 0. The average molecular weight is 356 g/mol. The lowest BCUT2D eigenvalue weighted by atomic mass is 10.0. The number of aromatic nitrogens is 2. The van der Waals surface area contributed by atoms with Gasteiger partial charge in [-0.1, -0.05) is 0 Å². The smallest absolute Gasteiger partial charge is 0.341 e. The summed E-state index contributed by atoms with van der Waals surface area (Å²) in [6.07, 6.45) is 3.50. The third-order valence-electron chi connectivity index (χ3n) is 4.12. The van der Waals surface area contributed by atoms with Gasteiger partial charge in [-0.25, -0.2) is 4.79 Å². The number of benzene rings is 1. The van der Waals surface area contributed by atoms with Gasteiger partial charge in [-0.3, -0.25) is 4.79 Å². The van der Waals surface area contributed by atoms with Crippen molar-refractivity contribution < 1.29 is 19.4 Å². The number of rotatable bonds is 6. The maximum atomic E-state index is 12.4. The van der Waals surface area contributed by atoms with Crippen LogP contribution in [-0.2, 0) is 4.79 Å². The molecule has 1 aromatic heterocycles. The minimum atomic E-state index is -1.04. The van der Waals surface area contributed by atoms with Gasteiger partial charge in [-0.2, -0.15) is 5.10 Å². The first-order valence-electron chi connectivity index (χ1n) is 8.40. The molecule has 0 aliphatic carbocycles. The van der Waals surface area contributed by atoms with Crippen LogP contribution in [0.4, 0.5) is 5.82 Å². The monoisotopic (exact) mass is 356 g/mol. The molecule has 2 heterocycles. The van der Waals surface area contributed by atoms with Crippen LogP contribution in [0.25, 0.3) is 0 Å². The molecule has 8 nitrogen and oxygen atoms in total. The van der Waals surface area contributed by atoms with Crippen LogP contribution < -0.4 is 15.0 Å². The Labute approximate surface area is 150 Å². The molecule has 1 saturated heterocycles. The zero-order valence-corrected chi connectivity index (χ0v) is 14.2. The van der Waals surface area contributed by atoms with E-state index in [1.165, 1.54) is 0 Å². The van der Waals surface area contributed by atoms with E-state index in [-0.39, 0.29) is 11.9 Å². The van der Waals surface area contributed by atoms with E-state index in [1.807, 2.05) is 12.1 Å². The summed E-state index contributed by atoms with van der Waals surface area (Å²) in [7, 11) is 0. The largest absolute Gasteiger partial charge is 0.482 e. The predicted molar refractivity (Wildman–Crippen MR) is 94.3 cm³/mol. The predicted octanol–water partition coefficient (Wildman–Crippen LogP) is 1.34. The van der Waals surface area contributed by atoms with E-state index in [1.54, 1.807) is 30.5 Å². The lowest BCUT2D eigenvalue weighted by Crippen LogP contribution is -2.48. The first-order chi connectivity index (χ1) is 12.6. The molecule has 26 heavy (non-hydrogen) atoms. The molecule has 1 atom stereocenters. The van der Waals surface area contributed by atoms with Crippen molar-refractivity contribution in [2.75, 3.05) is 24.6 Å². The van der Waals surface area contributed by atoms with E-state index >= 15 is 0 Å². The molecule has 1 aliphatic heterocycles. The van der Waals surface area contributed by atoms with Gasteiger partial charge >= 0.3 is 5.97 Å². The van der Waals surface area contributed by atoms with Gasteiger partial charge in [-0.15, -0.1) is 5.10 Å². The van der Waals surface area contributed by atoms with Crippen LogP contribution in [-0.4, -0.2) is 52.9 Å². The second kappa shape index (κ2) is 8.28. The highest BCUT2D eigenvalue weighted by atomic mass is 16.5. The van der Waals surface area contributed by atoms with E-state index in [9.17, 15) is 9.59 Å². The molecule has 1 unspecified atom stereocenters. The number of carboxylic acids is 1. The number of nitrogens with zero attached hydrogens (tertiary/aromatic N) is 3. The van der Waals surface area contributed by atoms with Crippen LogP contribution in [0, 0.1) is 0 Å². The minimum absolute atomic E-state index is 0.0289. The molecule has 136 valence electrons. The van der Waals surface area contributed by atoms with Crippen molar-refractivity contribution in [1.29, 1.82) is 0 Å². The van der Waals surface area contributed by atoms with Gasteiger partial charge in [0.2, 0.25) is 0 Å². The molecule has 1 amide bonds. The van der Waals surface area contributed by atoms with Gasteiger partial charge < -0.3 is 20.1 Å². The SMILES string of the molecule is O=C(O)COc1ccc(C(=O)NC2CCCN(c3cccnn3)C2)cc1. The molecule has 1 aromatic carbocycles. The Balaban J connectivity index is 1.56. The van der Waals surface area contributed by atoms with Gasteiger partial charge in [0.1, 0.15) is 5.75 Å². The zero-order chi connectivity index (χ0) is 18.4. The summed E-state index contributed by atoms with van der Waals surface area (Å²) in [5.74, 6) is 0.0133. The lowest BCUT2D eigenvalue weighted by molar-refractivity contribution is -0.139. The number of hydrogen-bond donors (Lipinski definition) is 2. The van der Waals surface area contributed by atoms with Gasteiger partial charge in [0.05, 0.1) is 0 Å². The van der Waals surface area contributed by atoms with Crippen molar-refractivity contribution in [3.05, 3.63) is 48.2 Å². The molecule has 2 N–H and O–H groups in total. The summed E-state index contributed by atoms with van der Waals surface area (Å²) in [4.78, 5) is 25.1. The first-order valence-corrected chi connectivity index (χ1v) is 8.40. The Hall–Kier alpha value is -3.16. The molecule has 1 fully saturated rings. The number of carboxylic acid groups (broad SMARTS) is 1. The second-order valence-electron chi connectivity index (χ2n) is 6.05. The summed E-state index contributed by atoms with van der Waals surface area (Å²) in [6.45, 7) is 1.16. The maximum absolute atomic E-state index is 12.4. The van der Waals surface area contributed by atoms with Gasteiger partial charge in [-0.05, 0) is 49.2 Å². The Morgan fingerprint density at radius 2 is 2.08 bits per heavy atom. The van der Waals surface area contributed by atoms with Crippen molar-refractivity contribution in [3.8, 4) is 5.75 Å². The molecule has 0 bridgehead atoms. The molecular weight excluding hydrogens is 336 g/mol. The van der Waals surface area contributed by atoms with Crippen molar-refractivity contribution in [2.24, 2.45) is 0 Å². The number of ether oxygens (including phenoxy) is 1. The maximum Gasteiger partial charge on any atom is 0.341 e. The third kappa shape index (κ3) is 4.69. The molecule has 8 heteroatoms. The normalized spacial score (nSPS) is 16.8. The summed E-state index contributed by atoms with van der Waals surface area (Å²) < 4.78 is 5.06. The Morgan fingerprint density at radius 1 is 1.27 bits per heavy atom. The molecule has 0 spiro atoms. The highest BCUT2D eigenvalue weighted by molar-refractivity contribution is 5.94. The Morgan fingerprint density at radius 3 is 2.77 bits per heavy atom. The number of nitrogens with one attached hydrogen (secondary N) is 1. The number of hydrogen-bond acceptors (Lipinski definition) is 6. The minimum Gasteiger partial charge on any atom is -0.482 e. The highest BCUT2D eigenvalue weighted by Gasteiger charge is 2.22. The van der Waals surface area contributed by atoms with Crippen LogP contribution >= 0.6 is 0 Å².